The molecule has 24 heavy (non-hydrogen) atoms. The third kappa shape index (κ3) is 8.34. The lowest BCUT2D eigenvalue weighted by Gasteiger charge is -2.18. The molecule has 0 aliphatic heterocycles. The molecule has 10 nitrogen and oxygen atoms in total. The number of aromatic hydroxyl groups is 1. The van der Waals surface area contributed by atoms with Gasteiger partial charge in [-0.3, -0.25) is 14.4 Å². The van der Waals surface area contributed by atoms with Gasteiger partial charge in [0.25, 0.3) is 0 Å². The van der Waals surface area contributed by atoms with E-state index >= 15 is 0 Å². The molecular formula is C14H17NO9. The molecule has 0 unspecified atom stereocenters. The van der Waals surface area contributed by atoms with Gasteiger partial charge in [-0.1, -0.05) is 0 Å². The monoisotopic (exact) mass is 343 g/mol. The zero-order valence-corrected chi connectivity index (χ0v) is 12.6. The second kappa shape index (κ2) is 9.10. The molecule has 1 rings (SSSR count). The minimum absolute atomic E-state index is 0.115. The average molecular weight is 343 g/mol. The van der Waals surface area contributed by atoms with E-state index in [0.717, 1.165) is 0 Å². The van der Waals surface area contributed by atoms with Crippen molar-refractivity contribution in [1.29, 1.82) is 0 Å². The Hall–Kier alpha value is -3.14. The third-order valence-corrected chi connectivity index (χ3v) is 2.47. The van der Waals surface area contributed by atoms with E-state index in [0.29, 0.717) is 5.69 Å². The van der Waals surface area contributed by atoms with Crippen LogP contribution in [0.15, 0.2) is 24.3 Å². The molecule has 10 heteroatoms. The second-order valence-electron chi connectivity index (χ2n) is 4.71. The Kier molecular flexibility index (Phi) is 7.91. The molecule has 0 aliphatic rings. The van der Waals surface area contributed by atoms with Crippen molar-refractivity contribution in [2.24, 2.45) is 0 Å². The van der Waals surface area contributed by atoms with Gasteiger partial charge in [0.1, 0.15) is 5.75 Å². The van der Waals surface area contributed by atoms with Gasteiger partial charge < -0.3 is 30.8 Å². The van der Waals surface area contributed by atoms with E-state index in [1.54, 1.807) is 12.1 Å². The van der Waals surface area contributed by atoms with E-state index in [1.165, 1.54) is 19.1 Å². The number of carbonyl (C=O) groups is 4. The first kappa shape index (κ1) is 20.9. The SMILES string of the molecule is CC(=O)Nc1ccc(O)cc1.O=C(O)CC(O)(CC(=O)O)C(=O)O. The van der Waals surface area contributed by atoms with Crippen LogP contribution in [0.3, 0.4) is 0 Å². The van der Waals surface area contributed by atoms with Gasteiger partial charge in [-0.2, -0.15) is 0 Å². The first-order chi connectivity index (χ1) is 11.0. The number of carboxylic acids is 3. The fourth-order valence-electron chi connectivity index (χ4n) is 1.46. The molecule has 0 fully saturated rings. The molecule has 0 aromatic heterocycles. The summed E-state index contributed by atoms with van der Waals surface area (Å²) in [5.41, 5.74) is -2.05. The van der Waals surface area contributed by atoms with Crippen LogP contribution in [0.2, 0.25) is 0 Å². The smallest absolute Gasteiger partial charge is 0.336 e. The predicted molar refractivity (Wildman–Crippen MR) is 79.5 cm³/mol. The first-order valence-electron chi connectivity index (χ1n) is 6.42. The summed E-state index contributed by atoms with van der Waals surface area (Å²) >= 11 is 0. The van der Waals surface area contributed by atoms with Crippen molar-refractivity contribution in [2.75, 3.05) is 5.32 Å². The van der Waals surface area contributed by atoms with Gasteiger partial charge in [0.2, 0.25) is 5.91 Å². The van der Waals surface area contributed by atoms with E-state index < -0.39 is 36.4 Å². The van der Waals surface area contributed by atoms with Crippen LogP contribution in [0.1, 0.15) is 19.8 Å². The summed E-state index contributed by atoms with van der Waals surface area (Å²) in [5, 5.41) is 45.3. The predicted octanol–water partition coefficient (Wildman–Crippen LogP) is 0.102. The van der Waals surface area contributed by atoms with Crippen LogP contribution in [0.4, 0.5) is 5.69 Å². The lowest BCUT2D eigenvalue weighted by molar-refractivity contribution is -0.170. The Balaban J connectivity index is 0.000000446. The number of carboxylic acid groups (broad SMARTS) is 3. The highest BCUT2D eigenvalue weighted by Gasteiger charge is 2.40. The number of amides is 1. The van der Waals surface area contributed by atoms with Gasteiger partial charge in [0.15, 0.2) is 5.60 Å². The minimum Gasteiger partial charge on any atom is -0.508 e. The molecule has 132 valence electrons. The number of anilines is 1. The highest BCUT2D eigenvalue weighted by atomic mass is 16.4. The summed E-state index contributed by atoms with van der Waals surface area (Å²) in [6.45, 7) is 1.44. The van der Waals surface area contributed by atoms with Crippen LogP contribution in [0, 0.1) is 0 Å². The number of aliphatic hydroxyl groups is 1. The fraction of sp³-hybridized carbons (Fsp3) is 0.286. The van der Waals surface area contributed by atoms with E-state index in [4.69, 9.17) is 25.5 Å². The summed E-state index contributed by atoms with van der Waals surface area (Å²) in [6, 6.07) is 6.31. The molecule has 0 radical (unpaired) electrons. The van der Waals surface area contributed by atoms with Crippen molar-refractivity contribution >= 4 is 29.5 Å². The molecule has 0 bridgehead atoms. The quantitative estimate of drug-likeness (QED) is 0.390. The van der Waals surface area contributed by atoms with Gasteiger partial charge in [-0.15, -0.1) is 0 Å². The maximum Gasteiger partial charge on any atom is 0.336 e. The lowest BCUT2D eigenvalue weighted by Crippen LogP contribution is -2.42. The number of phenols is 1. The van der Waals surface area contributed by atoms with Gasteiger partial charge >= 0.3 is 17.9 Å². The average Bonchev–Trinajstić information content (AvgIpc) is 2.39. The summed E-state index contributed by atoms with van der Waals surface area (Å²) in [4.78, 5) is 41.0. The van der Waals surface area contributed by atoms with Gasteiger partial charge in [-0.05, 0) is 24.3 Å². The Morgan fingerprint density at radius 3 is 1.67 bits per heavy atom. The summed E-state index contributed by atoms with van der Waals surface area (Å²) in [6.07, 6.45) is -2.29. The van der Waals surface area contributed by atoms with Crippen LogP contribution in [-0.4, -0.2) is 54.9 Å². The van der Waals surface area contributed by atoms with Crippen LogP contribution in [-0.2, 0) is 19.2 Å². The molecule has 1 aromatic carbocycles. The highest BCUT2D eigenvalue weighted by Crippen LogP contribution is 2.15. The van der Waals surface area contributed by atoms with Crippen LogP contribution in [0.25, 0.3) is 0 Å². The molecular weight excluding hydrogens is 326 g/mol. The Bertz CT molecular complexity index is 593. The van der Waals surface area contributed by atoms with E-state index in [9.17, 15) is 19.2 Å². The van der Waals surface area contributed by atoms with Crippen molar-refractivity contribution in [2.45, 2.75) is 25.4 Å². The van der Waals surface area contributed by atoms with Gasteiger partial charge in [-0.25, -0.2) is 4.79 Å². The number of benzene rings is 1. The van der Waals surface area contributed by atoms with Crippen molar-refractivity contribution in [1.82, 2.24) is 0 Å². The zero-order valence-electron chi connectivity index (χ0n) is 12.6. The number of nitrogens with one attached hydrogen (secondary N) is 1. The van der Waals surface area contributed by atoms with Crippen LogP contribution >= 0.6 is 0 Å². The molecule has 0 aliphatic carbocycles. The number of aliphatic carboxylic acids is 3. The molecule has 1 aromatic rings. The summed E-state index contributed by atoms with van der Waals surface area (Å²) < 4.78 is 0. The first-order valence-corrected chi connectivity index (χ1v) is 6.42. The Morgan fingerprint density at radius 2 is 1.38 bits per heavy atom. The van der Waals surface area contributed by atoms with Crippen molar-refractivity contribution < 1.29 is 44.7 Å². The molecule has 0 saturated carbocycles. The number of hydrogen-bond donors (Lipinski definition) is 6. The number of carbonyl (C=O) groups excluding carboxylic acids is 1. The standard InChI is InChI=1S/C8H9NO2.C6H8O7/c1-6(10)9-7-2-4-8(11)5-3-7;7-3(8)1-6(13,5(11)12)2-4(9)10/h2-5,11H,1H3,(H,9,10);13H,1-2H2,(H,7,8)(H,9,10)(H,11,12). The zero-order chi connectivity index (χ0) is 18.9. The summed E-state index contributed by atoms with van der Waals surface area (Å²) in [7, 11) is 0. The largest absolute Gasteiger partial charge is 0.508 e. The molecule has 0 heterocycles. The maximum atomic E-state index is 10.5. The topological polar surface area (TPSA) is 181 Å². The minimum atomic E-state index is -2.74. The maximum absolute atomic E-state index is 10.5. The van der Waals surface area contributed by atoms with Gasteiger partial charge in [0.05, 0.1) is 12.8 Å². The van der Waals surface area contributed by atoms with E-state index in [2.05, 4.69) is 5.32 Å². The fourth-order valence-corrected chi connectivity index (χ4v) is 1.46. The molecule has 1 amide bonds. The molecule has 0 saturated heterocycles. The molecule has 0 spiro atoms. The normalized spacial score (nSPS) is 10.1. The lowest BCUT2D eigenvalue weighted by atomic mass is 9.96. The van der Waals surface area contributed by atoms with Crippen LogP contribution in [0.5, 0.6) is 5.75 Å². The van der Waals surface area contributed by atoms with E-state index in [-0.39, 0.29) is 11.7 Å². The number of hydrogen-bond acceptors (Lipinski definition) is 6. The second-order valence-corrected chi connectivity index (χ2v) is 4.71. The summed E-state index contributed by atoms with van der Waals surface area (Å²) in [5.74, 6) is -4.94. The Labute approximate surface area is 136 Å². The van der Waals surface area contributed by atoms with Gasteiger partial charge in [0, 0.05) is 12.6 Å². The van der Waals surface area contributed by atoms with E-state index in [1.807, 2.05) is 0 Å². The number of phenolic OH excluding ortho intramolecular Hbond substituents is 1. The third-order valence-electron chi connectivity index (χ3n) is 2.47. The highest BCUT2D eigenvalue weighted by molar-refractivity contribution is 5.89. The van der Waals surface area contributed by atoms with Crippen molar-refractivity contribution in [3.63, 3.8) is 0 Å². The van der Waals surface area contributed by atoms with Crippen molar-refractivity contribution in [3.8, 4) is 5.75 Å². The number of rotatable bonds is 6. The van der Waals surface area contributed by atoms with Crippen molar-refractivity contribution in [3.05, 3.63) is 24.3 Å². The Morgan fingerprint density at radius 1 is 0.958 bits per heavy atom. The van der Waals surface area contributed by atoms with Crippen LogP contribution < -0.4 is 5.32 Å². The molecule has 0 atom stereocenters. The molecule has 6 N–H and O–H groups in total.